The number of aryl methyl sites for hydroxylation is 1. The Balaban J connectivity index is 2.07. The van der Waals surface area contributed by atoms with Gasteiger partial charge in [0.1, 0.15) is 5.82 Å². The van der Waals surface area contributed by atoms with Gasteiger partial charge in [-0.05, 0) is 25.8 Å². The molecule has 1 saturated heterocycles. The first-order valence-electron chi connectivity index (χ1n) is 6.98. The summed E-state index contributed by atoms with van der Waals surface area (Å²) in [7, 11) is 0. The predicted octanol–water partition coefficient (Wildman–Crippen LogP) is 2.04. The summed E-state index contributed by atoms with van der Waals surface area (Å²) in [6.07, 6.45) is 5.16. The molecule has 1 fully saturated rings. The Labute approximate surface area is 109 Å². The molecular weight excluding hydrogens is 226 g/mol. The van der Waals surface area contributed by atoms with Gasteiger partial charge >= 0.3 is 0 Å². The molecule has 1 aliphatic heterocycles. The van der Waals surface area contributed by atoms with Gasteiger partial charge in [0.05, 0.1) is 6.61 Å². The molecule has 2 rings (SSSR count). The van der Waals surface area contributed by atoms with Gasteiger partial charge in [-0.15, -0.1) is 0 Å². The molecule has 1 aliphatic rings. The lowest BCUT2D eigenvalue weighted by atomic mass is 10.1. The van der Waals surface area contributed by atoms with Gasteiger partial charge in [-0.2, -0.15) is 0 Å². The molecule has 0 aliphatic carbocycles. The second-order valence-corrected chi connectivity index (χ2v) is 4.79. The molecule has 0 amide bonds. The second-order valence-electron chi connectivity index (χ2n) is 4.79. The number of hydrogen-bond donors (Lipinski definition) is 1. The van der Waals surface area contributed by atoms with Crippen molar-refractivity contribution in [3.8, 4) is 0 Å². The fourth-order valence-corrected chi connectivity index (χ4v) is 2.25. The normalized spacial score (nSPS) is 19.3. The van der Waals surface area contributed by atoms with Crippen LogP contribution >= 0.6 is 0 Å². The lowest BCUT2D eigenvalue weighted by Gasteiger charge is -2.12. The molecule has 0 aromatic carbocycles. The predicted molar refractivity (Wildman–Crippen MR) is 71.6 cm³/mol. The smallest absolute Gasteiger partial charge is 0.134 e. The van der Waals surface area contributed by atoms with Crippen molar-refractivity contribution in [3.63, 3.8) is 0 Å². The average molecular weight is 249 g/mol. The van der Waals surface area contributed by atoms with Crippen LogP contribution in [0.25, 0.3) is 0 Å². The van der Waals surface area contributed by atoms with Crippen molar-refractivity contribution in [2.45, 2.75) is 45.6 Å². The number of rotatable bonds is 6. The van der Waals surface area contributed by atoms with Crippen molar-refractivity contribution in [2.75, 3.05) is 19.8 Å². The van der Waals surface area contributed by atoms with Crippen molar-refractivity contribution in [1.29, 1.82) is 0 Å². The summed E-state index contributed by atoms with van der Waals surface area (Å²) in [6.45, 7) is 7.86. The molecule has 0 saturated carbocycles. The van der Waals surface area contributed by atoms with E-state index in [9.17, 15) is 0 Å². The standard InChI is InChI=1S/C14H23N3O/c1-3-6-15-8-12-9-16-14(17-13(12)4-2)11-5-7-18-10-11/h9,11,15H,3-8,10H2,1-2H3. The molecule has 4 heteroatoms. The van der Waals surface area contributed by atoms with E-state index in [1.165, 1.54) is 11.3 Å². The van der Waals surface area contributed by atoms with Crippen molar-refractivity contribution >= 4 is 0 Å². The first-order valence-corrected chi connectivity index (χ1v) is 6.98. The molecule has 18 heavy (non-hydrogen) atoms. The maximum atomic E-state index is 5.40. The number of ether oxygens (including phenoxy) is 1. The fourth-order valence-electron chi connectivity index (χ4n) is 2.25. The lowest BCUT2D eigenvalue weighted by Crippen LogP contribution is -2.17. The van der Waals surface area contributed by atoms with Crippen LogP contribution in [0.1, 0.15) is 49.7 Å². The first-order chi connectivity index (χ1) is 8.85. The van der Waals surface area contributed by atoms with Gasteiger partial charge in [0.2, 0.25) is 0 Å². The summed E-state index contributed by atoms with van der Waals surface area (Å²) in [6, 6.07) is 0. The van der Waals surface area contributed by atoms with Gasteiger partial charge in [-0.3, -0.25) is 0 Å². The molecule has 1 unspecified atom stereocenters. The minimum atomic E-state index is 0.396. The maximum absolute atomic E-state index is 5.40. The molecule has 2 heterocycles. The van der Waals surface area contributed by atoms with Crippen molar-refractivity contribution in [2.24, 2.45) is 0 Å². The number of aromatic nitrogens is 2. The minimum absolute atomic E-state index is 0.396. The third kappa shape index (κ3) is 3.27. The summed E-state index contributed by atoms with van der Waals surface area (Å²) in [4.78, 5) is 9.24. The van der Waals surface area contributed by atoms with Crippen molar-refractivity contribution in [1.82, 2.24) is 15.3 Å². The minimum Gasteiger partial charge on any atom is -0.381 e. The fraction of sp³-hybridized carbons (Fsp3) is 0.714. The van der Waals surface area contributed by atoms with Crippen LogP contribution in [0.3, 0.4) is 0 Å². The van der Waals surface area contributed by atoms with Crippen LogP contribution in [-0.2, 0) is 17.7 Å². The Hall–Kier alpha value is -1.00. The van der Waals surface area contributed by atoms with E-state index in [1.807, 2.05) is 6.20 Å². The molecule has 0 spiro atoms. The van der Waals surface area contributed by atoms with Gasteiger partial charge in [-0.25, -0.2) is 9.97 Å². The zero-order valence-electron chi connectivity index (χ0n) is 11.4. The monoisotopic (exact) mass is 249 g/mol. The Morgan fingerprint density at radius 2 is 2.33 bits per heavy atom. The second kappa shape index (κ2) is 6.81. The van der Waals surface area contributed by atoms with Gasteiger partial charge < -0.3 is 10.1 Å². The molecule has 4 nitrogen and oxygen atoms in total. The average Bonchev–Trinajstić information content (AvgIpc) is 2.93. The number of nitrogens with one attached hydrogen (secondary N) is 1. The van der Waals surface area contributed by atoms with Crippen molar-refractivity contribution < 1.29 is 4.74 Å². The van der Waals surface area contributed by atoms with E-state index in [1.54, 1.807) is 0 Å². The van der Waals surface area contributed by atoms with Gasteiger partial charge in [0.25, 0.3) is 0 Å². The molecule has 1 N–H and O–H groups in total. The summed E-state index contributed by atoms with van der Waals surface area (Å²) in [5, 5.41) is 3.41. The van der Waals surface area contributed by atoms with Crippen LogP contribution in [0, 0.1) is 0 Å². The van der Waals surface area contributed by atoms with Gasteiger partial charge in [0.15, 0.2) is 0 Å². The summed E-state index contributed by atoms with van der Waals surface area (Å²) < 4.78 is 5.40. The van der Waals surface area contributed by atoms with E-state index in [0.717, 1.165) is 51.4 Å². The highest BCUT2D eigenvalue weighted by atomic mass is 16.5. The largest absolute Gasteiger partial charge is 0.381 e. The molecule has 0 radical (unpaired) electrons. The van der Waals surface area contributed by atoms with E-state index in [4.69, 9.17) is 9.72 Å². The molecular formula is C14H23N3O. The van der Waals surface area contributed by atoms with Crippen LogP contribution in [0.5, 0.6) is 0 Å². The van der Waals surface area contributed by atoms with E-state index in [-0.39, 0.29) is 0 Å². The highest BCUT2D eigenvalue weighted by Crippen LogP contribution is 2.22. The van der Waals surface area contributed by atoms with Crippen molar-refractivity contribution in [3.05, 3.63) is 23.3 Å². The van der Waals surface area contributed by atoms with Crippen LogP contribution in [0.2, 0.25) is 0 Å². The Morgan fingerprint density at radius 1 is 1.44 bits per heavy atom. The Morgan fingerprint density at radius 3 is 3.00 bits per heavy atom. The van der Waals surface area contributed by atoms with Crippen LogP contribution in [0.15, 0.2) is 6.20 Å². The SMILES string of the molecule is CCCNCc1cnc(C2CCOC2)nc1CC. The molecule has 1 aromatic rings. The third-order valence-electron chi connectivity index (χ3n) is 3.34. The van der Waals surface area contributed by atoms with E-state index < -0.39 is 0 Å². The zero-order valence-corrected chi connectivity index (χ0v) is 11.4. The quantitative estimate of drug-likeness (QED) is 0.784. The summed E-state index contributed by atoms with van der Waals surface area (Å²) >= 11 is 0. The van der Waals surface area contributed by atoms with E-state index >= 15 is 0 Å². The number of hydrogen-bond acceptors (Lipinski definition) is 4. The van der Waals surface area contributed by atoms with E-state index in [0.29, 0.717) is 5.92 Å². The molecule has 100 valence electrons. The summed E-state index contributed by atoms with van der Waals surface area (Å²) in [5.74, 6) is 1.36. The van der Waals surface area contributed by atoms with Crippen LogP contribution in [-0.4, -0.2) is 29.7 Å². The van der Waals surface area contributed by atoms with Gasteiger partial charge in [0, 0.05) is 36.5 Å². The molecule has 1 atom stereocenters. The number of nitrogens with zero attached hydrogens (tertiary/aromatic N) is 2. The maximum Gasteiger partial charge on any atom is 0.134 e. The highest BCUT2D eigenvalue weighted by molar-refractivity contribution is 5.19. The van der Waals surface area contributed by atoms with Gasteiger partial charge in [-0.1, -0.05) is 13.8 Å². The Bertz CT molecular complexity index is 375. The lowest BCUT2D eigenvalue weighted by molar-refractivity contribution is 0.193. The zero-order chi connectivity index (χ0) is 12.8. The Kier molecular flexibility index (Phi) is 5.08. The summed E-state index contributed by atoms with van der Waals surface area (Å²) in [5.41, 5.74) is 2.41. The molecule has 0 bridgehead atoms. The van der Waals surface area contributed by atoms with Crippen LogP contribution < -0.4 is 5.32 Å². The first kappa shape index (κ1) is 13.4. The molecule has 1 aromatic heterocycles. The topological polar surface area (TPSA) is 47.0 Å². The van der Waals surface area contributed by atoms with Crippen LogP contribution in [0.4, 0.5) is 0 Å². The highest BCUT2D eigenvalue weighted by Gasteiger charge is 2.21. The third-order valence-corrected chi connectivity index (χ3v) is 3.34. The van der Waals surface area contributed by atoms with E-state index in [2.05, 4.69) is 24.1 Å².